The van der Waals surface area contributed by atoms with Gasteiger partial charge in [0.05, 0.1) is 6.67 Å². The van der Waals surface area contributed by atoms with Crippen molar-refractivity contribution in [3.05, 3.63) is 0 Å². The van der Waals surface area contributed by atoms with Crippen LogP contribution >= 0.6 is 0 Å². The van der Waals surface area contributed by atoms with Gasteiger partial charge >= 0.3 is 0 Å². The van der Waals surface area contributed by atoms with Crippen LogP contribution in [0, 0.1) is 0 Å². The molecule has 0 rings (SSSR count). The van der Waals surface area contributed by atoms with Crippen LogP contribution in [-0.2, 0) is 0 Å². The molecule has 0 aromatic carbocycles. The largest absolute Gasteiger partial charge is 0.303 e. The molecule has 0 unspecified atom stereocenters. The van der Waals surface area contributed by atoms with Crippen LogP contribution in [0.3, 0.4) is 0 Å². The van der Waals surface area contributed by atoms with E-state index < -0.39 is 0 Å². The lowest BCUT2D eigenvalue weighted by molar-refractivity contribution is 0.254. The fraction of sp³-hybridized carbons (Fsp3) is 1.00. The van der Waals surface area contributed by atoms with Crippen LogP contribution < -0.4 is 0 Å². The summed E-state index contributed by atoms with van der Waals surface area (Å²) in [6, 6.07) is 0. The minimum atomic E-state index is -0.147. The first-order valence-electron chi connectivity index (χ1n) is 7.63. The van der Waals surface area contributed by atoms with Crippen LogP contribution in [-0.4, -0.2) is 31.2 Å². The second kappa shape index (κ2) is 14.0. The summed E-state index contributed by atoms with van der Waals surface area (Å²) in [6.45, 7) is 8.02. The van der Waals surface area contributed by atoms with Gasteiger partial charge in [-0.2, -0.15) is 0 Å². The Morgan fingerprint density at radius 1 is 0.647 bits per heavy atom. The van der Waals surface area contributed by atoms with Crippen molar-refractivity contribution in [2.45, 2.75) is 71.6 Å². The van der Waals surface area contributed by atoms with Gasteiger partial charge in [0, 0.05) is 0 Å². The van der Waals surface area contributed by atoms with Gasteiger partial charge in [-0.25, -0.2) is 0 Å². The third-order valence-corrected chi connectivity index (χ3v) is 3.26. The summed E-state index contributed by atoms with van der Waals surface area (Å²) in [5, 5.41) is 0. The number of hydrogen-bond acceptors (Lipinski definition) is 1. The lowest BCUT2D eigenvalue weighted by Crippen LogP contribution is -2.27. The average Bonchev–Trinajstić information content (AvgIpc) is 2.34. The van der Waals surface area contributed by atoms with E-state index in [2.05, 4.69) is 18.7 Å². The SMILES string of the molecule is CCCCCN(CCCCC)CCCCCF. The number of unbranched alkanes of at least 4 members (excludes halogenated alkanes) is 6. The normalized spacial score (nSPS) is 11.3. The van der Waals surface area contributed by atoms with Crippen molar-refractivity contribution in [2.24, 2.45) is 0 Å². The monoisotopic (exact) mass is 245 g/mol. The van der Waals surface area contributed by atoms with Crippen molar-refractivity contribution < 1.29 is 4.39 Å². The molecule has 17 heavy (non-hydrogen) atoms. The molecular weight excluding hydrogens is 213 g/mol. The van der Waals surface area contributed by atoms with Crippen LogP contribution in [0.4, 0.5) is 4.39 Å². The number of alkyl halides is 1. The maximum Gasteiger partial charge on any atom is 0.0894 e. The summed E-state index contributed by atoms with van der Waals surface area (Å²) in [6.07, 6.45) is 10.9. The van der Waals surface area contributed by atoms with Crippen molar-refractivity contribution in [3.8, 4) is 0 Å². The van der Waals surface area contributed by atoms with E-state index in [1.807, 2.05) is 0 Å². The highest BCUT2D eigenvalue weighted by atomic mass is 19.1. The predicted molar refractivity (Wildman–Crippen MR) is 75.3 cm³/mol. The van der Waals surface area contributed by atoms with Crippen LogP contribution in [0.25, 0.3) is 0 Å². The van der Waals surface area contributed by atoms with Crippen LogP contribution in [0.15, 0.2) is 0 Å². The third kappa shape index (κ3) is 12.1. The highest BCUT2D eigenvalue weighted by Crippen LogP contribution is 2.05. The van der Waals surface area contributed by atoms with Gasteiger partial charge in [0.2, 0.25) is 0 Å². The Hall–Kier alpha value is -0.110. The lowest BCUT2D eigenvalue weighted by Gasteiger charge is -2.22. The quantitative estimate of drug-likeness (QED) is 0.421. The molecule has 0 atom stereocenters. The maximum atomic E-state index is 12.0. The summed E-state index contributed by atoms with van der Waals surface area (Å²) >= 11 is 0. The zero-order valence-electron chi connectivity index (χ0n) is 12.0. The Kier molecular flexibility index (Phi) is 13.9. The molecule has 0 N–H and O–H groups in total. The zero-order chi connectivity index (χ0) is 12.8. The summed E-state index contributed by atoms with van der Waals surface area (Å²) in [5.74, 6) is 0. The molecule has 0 aliphatic carbocycles. The van der Waals surface area contributed by atoms with Gasteiger partial charge in [-0.05, 0) is 51.7 Å². The molecule has 2 heteroatoms. The van der Waals surface area contributed by atoms with E-state index >= 15 is 0 Å². The first-order chi connectivity index (χ1) is 8.35. The molecule has 0 bridgehead atoms. The number of halogens is 1. The molecular formula is C15H32FN. The van der Waals surface area contributed by atoms with Crippen molar-refractivity contribution in [1.29, 1.82) is 0 Å². The first-order valence-corrected chi connectivity index (χ1v) is 7.63. The van der Waals surface area contributed by atoms with Gasteiger partial charge in [0.15, 0.2) is 0 Å². The third-order valence-electron chi connectivity index (χ3n) is 3.26. The first kappa shape index (κ1) is 16.9. The minimum absolute atomic E-state index is 0.147. The second-order valence-corrected chi connectivity index (χ2v) is 5.01. The highest BCUT2D eigenvalue weighted by molar-refractivity contribution is 4.59. The lowest BCUT2D eigenvalue weighted by atomic mass is 10.2. The van der Waals surface area contributed by atoms with Crippen molar-refractivity contribution in [2.75, 3.05) is 26.3 Å². The van der Waals surface area contributed by atoms with Crippen LogP contribution in [0.5, 0.6) is 0 Å². The minimum Gasteiger partial charge on any atom is -0.303 e. The summed E-state index contributed by atoms with van der Waals surface area (Å²) in [5.41, 5.74) is 0. The Balaban J connectivity index is 3.60. The zero-order valence-corrected chi connectivity index (χ0v) is 12.0. The number of hydrogen-bond donors (Lipinski definition) is 0. The van der Waals surface area contributed by atoms with E-state index in [-0.39, 0.29) is 6.67 Å². The predicted octanol–water partition coefficient (Wildman–Crippen LogP) is 4.81. The van der Waals surface area contributed by atoms with Gasteiger partial charge in [0.1, 0.15) is 0 Å². The summed E-state index contributed by atoms with van der Waals surface area (Å²) in [7, 11) is 0. The van der Waals surface area contributed by atoms with E-state index in [9.17, 15) is 4.39 Å². The van der Waals surface area contributed by atoms with E-state index in [0.717, 1.165) is 12.8 Å². The Morgan fingerprint density at radius 2 is 1.12 bits per heavy atom. The molecule has 0 aromatic rings. The van der Waals surface area contributed by atoms with Crippen LogP contribution in [0.2, 0.25) is 0 Å². The summed E-state index contributed by atoms with van der Waals surface area (Å²) < 4.78 is 12.0. The molecule has 0 amide bonds. The molecule has 0 aliphatic heterocycles. The Morgan fingerprint density at radius 3 is 1.53 bits per heavy atom. The number of nitrogens with zero attached hydrogens (tertiary/aromatic N) is 1. The van der Waals surface area contributed by atoms with E-state index in [4.69, 9.17) is 0 Å². The van der Waals surface area contributed by atoms with Gasteiger partial charge in [-0.15, -0.1) is 0 Å². The van der Waals surface area contributed by atoms with Gasteiger partial charge < -0.3 is 4.90 Å². The van der Waals surface area contributed by atoms with E-state index in [1.165, 1.54) is 64.6 Å². The second-order valence-electron chi connectivity index (χ2n) is 5.01. The van der Waals surface area contributed by atoms with E-state index in [0.29, 0.717) is 0 Å². The molecule has 0 fully saturated rings. The molecule has 0 heterocycles. The standard InChI is InChI=1S/C15H32FN/c1-3-5-9-13-17(14-10-6-4-2)15-11-7-8-12-16/h3-15H2,1-2H3. The van der Waals surface area contributed by atoms with Crippen molar-refractivity contribution in [3.63, 3.8) is 0 Å². The molecule has 0 saturated heterocycles. The molecule has 0 aromatic heterocycles. The molecule has 0 spiro atoms. The van der Waals surface area contributed by atoms with Gasteiger partial charge in [0.25, 0.3) is 0 Å². The molecule has 1 nitrogen and oxygen atoms in total. The molecule has 0 radical (unpaired) electrons. The van der Waals surface area contributed by atoms with Gasteiger partial charge in [-0.1, -0.05) is 39.5 Å². The highest BCUT2D eigenvalue weighted by Gasteiger charge is 2.03. The topological polar surface area (TPSA) is 3.24 Å². The van der Waals surface area contributed by atoms with E-state index in [1.54, 1.807) is 0 Å². The Labute approximate surface area is 108 Å². The average molecular weight is 245 g/mol. The Bertz CT molecular complexity index is 129. The molecule has 0 aliphatic rings. The summed E-state index contributed by atoms with van der Waals surface area (Å²) in [4.78, 5) is 2.59. The number of rotatable bonds is 13. The maximum absolute atomic E-state index is 12.0. The van der Waals surface area contributed by atoms with Crippen molar-refractivity contribution in [1.82, 2.24) is 4.90 Å². The molecule has 104 valence electrons. The van der Waals surface area contributed by atoms with Crippen LogP contribution in [0.1, 0.15) is 71.6 Å². The van der Waals surface area contributed by atoms with Gasteiger partial charge in [-0.3, -0.25) is 4.39 Å². The molecule has 0 saturated carbocycles. The fourth-order valence-electron chi connectivity index (χ4n) is 2.11. The van der Waals surface area contributed by atoms with Crippen molar-refractivity contribution >= 4 is 0 Å². The fourth-order valence-corrected chi connectivity index (χ4v) is 2.11. The smallest absolute Gasteiger partial charge is 0.0894 e.